The highest BCUT2D eigenvalue weighted by Gasteiger charge is 2.23. The van der Waals surface area contributed by atoms with E-state index in [2.05, 4.69) is 4.99 Å². The van der Waals surface area contributed by atoms with Crippen molar-refractivity contribution in [3.8, 4) is 5.75 Å². The number of nitrogens with zero attached hydrogens (tertiary/aromatic N) is 2. The molecule has 1 aliphatic carbocycles. The lowest BCUT2D eigenvalue weighted by Gasteiger charge is -2.10. The maximum atomic E-state index is 11.8. The second kappa shape index (κ2) is 6.40. The average molecular weight is 345 g/mol. The molecule has 124 valence electrons. The van der Waals surface area contributed by atoms with Crippen LogP contribution in [0, 0.1) is 10.1 Å². The van der Waals surface area contributed by atoms with Gasteiger partial charge < -0.3 is 10.8 Å². The zero-order valence-corrected chi connectivity index (χ0v) is 13.5. The standard InChI is InChI=1S/C16H15N3O4S/c17-15(21)14-11-3-1-2-4-13(11)24-16(14)18-8-9-7-10(19(22)23)5-6-12(9)20/h5-8,20H,1-4H2,(H2,17,21). The summed E-state index contributed by atoms with van der Waals surface area (Å²) >= 11 is 1.41. The van der Waals surface area contributed by atoms with E-state index < -0.39 is 10.8 Å². The van der Waals surface area contributed by atoms with Gasteiger partial charge in [-0.2, -0.15) is 0 Å². The van der Waals surface area contributed by atoms with Gasteiger partial charge in [0.1, 0.15) is 10.8 Å². The average Bonchev–Trinajstić information content (AvgIpc) is 2.92. The third-order valence-electron chi connectivity index (χ3n) is 3.94. The number of nitro groups is 1. The van der Waals surface area contributed by atoms with E-state index in [-0.39, 0.29) is 17.0 Å². The largest absolute Gasteiger partial charge is 0.507 e. The number of hydrogen-bond donors (Lipinski definition) is 2. The number of carbonyl (C=O) groups is 1. The Hall–Kier alpha value is -2.74. The summed E-state index contributed by atoms with van der Waals surface area (Å²) in [5, 5.41) is 21.2. The molecule has 0 fully saturated rings. The molecule has 0 spiro atoms. The van der Waals surface area contributed by atoms with E-state index in [4.69, 9.17) is 5.73 Å². The van der Waals surface area contributed by atoms with E-state index in [0.717, 1.165) is 36.1 Å². The molecule has 1 aromatic heterocycles. The van der Waals surface area contributed by atoms with Crippen molar-refractivity contribution in [2.45, 2.75) is 25.7 Å². The van der Waals surface area contributed by atoms with Gasteiger partial charge in [0.05, 0.1) is 10.5 Å². The molecule has 8 heteroatoms. The van der Waals surface area contributed by atoms with Gasteiger partial charge in [0.25, 0.3) is 11.6 Å². The number of phenols is 1. The third-order valence-corrected chi connectivity index (χ3v) is 5.14. The minimum atomic E-state index is -0.546. The van der Waals surface area contributed by atoms with Gasteiger partial charge in [0.15, 0.2) is 0 Å². The number of hydrogen-bond acceptors (Lipinski definition) is 6. The first-order valence-corrected chi connectivity index (χ1v) is 8.25. The smallest absolute Gasteiger partial charge is 0.270 e. The predicted octanol–water partition coefficient (Wildman–Crippen LogP) is 3.09. The monoisotopic (exact) mass is 345 g/mol. The molecule has 0 saturated heterocycles. The molecule has 1 aliphatic rings. The molecule has 0 atom stereocenters. The zero-order chi connectivity index (χ0) is 17.3. The van der Waals surface area contributed by atoms with Gasteiger partial charge in [0.2, 0.25) is 0 Å². The number of nitro benzene ring substituents is 1. The molecular formula is C16H15N3O4S. The predicted molar refractivity (Wildman–Crippen MR) is 91.5 cm³/mol. The fourth-order valence-electron chi connectivity index (χ4n) is 2.78. The van der Waals surface area contributed by atoms with Gasteiger partial charge in [-0.05, 0) is 37.3 Å². The van der Waals surface area contributed by atoms with Gasteiger partial charge in [0, 0.05) is 28.8 Å². The molecule has 2 aromatic rings. The van der Waals surface area contributed by atoms with Crippen molar-refractivity contribution in [2.75, 3.05) is 0 Å². The molecule has 0 unspecified atom stereocenters. The minimum Gasteiger partial charge on any atom is -0.507 e. The Labute approximate surface area is 141 Å². The maximum Gasteiger partial charge on any atom is 0.270 e. The van der Waals surface area contributed by atoms with E-state index in [1.54, 1.807) is 0 Å². The van der Waals surface area contributed by atoms with Gasteiger partial charge in [-0.3, -0.25) is 14.9 Å². The number of aromatic hydroxyl groups is 1. The van der Waals surface area contributed by atoms with E-state index in [1.807, 2.05) is 0 Å². The van der Waals surface area contributed by atoms with Crippen molar-refractivity contribution in [1.82, 2.24) is 0 Å². The molecule has 0 aliphatic heterocycles. The van der Waals surface area contributed by atoms with Crippen LogP contribution in [0.1, 0.15) is 39.2 Å². The second-order valence-electron chi connectivity index (χ2n) is 5.51. The maximum absolute atomic E-state index is 11.8. The van der Waals surface area contributed by atoms with Crippen LogP contribution in [0.4, 0.5) is 10.7 Å². The number of primary amides is 1. The number of fused-ring (bicyclic) bond motifs is 1. The van der Waals surface area contributed by atoms with Crippen molar-refractivity contribution in [3.05, 3.63) is 49.9 Å². The summed E-state index contributed by atoms with van der Waals surface area (Å²) in [6.07, 6.45) is 5.12. The normalized spacial score (nSPS) is 13.8. The van der Waals surface area contributed by atoms with Crippen LogP contribution in [0.5, 0.6) is 5.75 Å². The van der Waals surface area contributed by atoms with Crippen molar-refractivity contribution < 1.29 is 14.8 Å². The Balaban J connectivity index is 2.01. The Bertz CT molecular complexity index is 857. The highest BCUT2D eigenvalue weighted by Crippen LogP contribution is 2.39. The molecule has 1 heterocycles. The fourth-order valence-corrected chi connectivity index (χ4v) is 4.02. The van der Waals surface area contributed by atoms with Gasteiger partial charge in [-0.1, -0.05) is 0 Å². The number of carbonyl (C=O) groups excluding carboxylic acids is 1. The van der Waals surface area contributed by atoms with Crippen molar-refractivity contribution in [1.29, 1.82) is 0 Å². The summed E-state index contributed by atoms with van der Waals surface area (Å²) < 4.78 is 0. The number of thiophene rings is 1. The first-order chi connectivity index (χ1) is 11.5. The summed E-state index contributed by atoms with van der Waals surface area (Å²) in [7, 11) is 0. The number of aryl methyl sites for hydroxylation is 1. The number of nitrogens with two attached hydrogens (primary N) is 1. The summed E-state index contributed by atoms with van der Waals surface area (Å²) in [6.45, 7) is 0. The van der Waals surface area contributed by atoms with Gasteiger partial charge >= 0.3 is 0 Å². The third kappa shape index (κ3) is 3.00. The topological polar surface area (TPSA) is 119 Å². The van der Waals surface area contributed by atoms with E-state index in [9.17, 15) is 20.0 Å². The van der Waals surface area contributed by atoms with Crippen LogP contribution < -0.4 is 5.73 Å². The number of non-ortho nitro benzene ring substituents is 1. The van der Waals surface area contributed by atoms with Crippen LogP contribution in [-0.2, 0) is 12.8 Å². The molecule has 0 bridgehead atoms. The number of phenolic OH excluding ortho intramolecular Hbond substituents is 1. The second-order valence-corrected chi connectivity index (χ2v) is 6.60. The SMILES string of the molecule is NC(=O)c1c(N=Cc2cc([N+](=O)[O-])ccc2O)sc2c1CCCC2. The zero-order valence-electron chi connectivity index (χ0n) is 12.7. The first kappa shape index (κ1) is 16.1. The molecule has 7 nitrogen and oxygen atoms in total. The Kier molecular flexibility index (Phi) is 4.30. The van der Waals surface area contributed by atoms with Crippen molar-refractivity contribution in [2.24, 2.45) is 10.7 Å². The molecule has 24 heavy (non-hydrogen) atoms. The van der Waals surface area contributed by atoms with Crippen molar-refractivity contribution in [3.63, 3.8) is 0 Å². The number of rotatable bonds is 4. The minimum absolute atomic E-state index is 0.119. The van der Waals surface area contributed by atoms with E-state index in [1.165, 1.54) is 35.8 Å². The number of aliphatic imine (C=N–C) groups is 1. The summed E-state index contributed by atoms with van der Waals surface area (Å²) in [4.78, 5) is 27.5. The molecular weight excluding hydrogens is 330 g/mol. The molecule has 0 saturated carbocycles. The first-order valence-electron chi connectivity index (χ1n) is 7.43. The van der Waals surface area contributed by atoms with Crippen LogP contribution in [-0.4, -0.2) is 22.2 Å². The lowest BCUT2D eigenvalue weighted by atomic mass is 9.95. The molecule has 1 amide bonds. The summed E-state index contributed by atoms with van der Waals surface area (Å²) in [6, 6.07) is 3.69. The van der Waals surface area contributed by atoms with Gasteiger partial charge in [-0.25, -0.2) is 4.99 Å². The van der Waals surface area contributed by atoms with Gasteiger partial charge in [-0.15, -0.1) is 11.3 Å². The molecule has 1 aromatic carbocycles. The Morgan fingerprint density at radius 1 is 1.38 bits per heavy atom. The van der Waals surface area contributed by atoms with Crippen LogP contribution in [0.15, 0.2) is 23.2 Å². The lowest BCUT2D eigenvalue weighted by molar-refractivity contribution is -0.384. The highest BCUT2D eigenvalue weighted by atomic mass is 32.1. The van der Waals surface area contributed by atoms with E-state index in [0.29, 0.717) is 10.6 Å². The summed E-state index contributed by atoms with van der Waals surface area (Å²) in [5.74, 6) is -0.642. The summed E-state index contributed by atoms with van der Waals surface area (Å²) in [5.41, 5.74) is 6.96. The highest BCUT2D eigenvalue weighted by molar-refractivity contribution is 7.16. The Morgan fingerprint density at radius 2 is 2.12 bits per heavy atom. The number of amides is 1. The van der Waals surface area contributed by atoms with Crippen LogP contribution in [0.3, 0.4) is 0 Å². The van der Waals surface area contributed by atoms with Crippen LogP contribution in [0.25, 0.3) is 0 Å². The molecule has 3 rings (SSSR count). The lowest BCUT2D eigenvalue weighted by Crippen LogP contribution is -2.14. The van der Waals surface area contributed by atoms with Crippen LogP contribution in [0.2, 0.25) is 0 Å². The number of benzene rings is 1. The quantitative estimate of drug-likeness (QED) is 0.502. The van der Waals surface area contributed by atoms with Crippen molar-refractivity contribution >= 4 is 34.1 Å². The molecule has 3 N–H and O–H groups in total. The van der Waals surface area contributed by atoms with E-state index >= 15 is 0 Å². The Morgan fingerprint density at radius 3 is 2.83 bits per heavy atom. The van der Waals surface area contributed by atoms with Crippen LogP contribution >= 0.6 is 11.3 Å². The molecule has 0 radical (unpaired) electrons. The fraction of sp³-hybridized carbons (Fsp3) is 0.250.